The Morgan fingerprint density at radius 2 is 1.81 bits per heavy atom. The van der Waals surface area contributed by atoms with Gasteiger partial charge in [-0.3, -0.25) is 4.79 Å². The number of carboxylic acids is 1. The maximum absolute atomic E-state index is 12.0. The lowest BCUT2D eigenvalue weighted by molar-refractivity contribution is -0.121. The van der Waals surface area contributed by atoms with Crippen LogP contribution in [0.25, 0.3) is 0 Å². The second kappa shape index (κ2) is 16.8. The first-order valence-corrected chi connectivity index (χ1v) is 15.2. The number of nitrogens with zero attached hydrogens (tertiary/aromatic N) is 1. The minimum Gasteiger partial charge on any atom is -0.491 e. The number of hydrogen-bond acceptors (Lipinski definition) is 9. The summed E-state index contributed by atoms with van der Waals surface area (Å²) in [7, 11) is 0. The number of pyridine rings is 1. The number of thioether (sulfide) groups is 1. The summed E-state index contributed by atoms with van der Waals surface area (Å²) in [6, 6.07) is 10.4. The number of aromatic nitrogens is 1. The summed E-state index contributed by atoms with van der Waals surface area (Å²) in [4.78, 5) is 38.4. The van der Waals surface area contributed by atoms with Gasteiger partial charge >= 0.3 is 12.0 Å². The largest absolute Gasteiger partial charge is 0.491 e. The van der Waals surface area contributed by atoms with Crippen molar-refractivity contribution in [3.63, 3.8) is 0 Å². The summed E-state index contributed by atoms with van der Waals surface area (Å²) in [5.41, 5.74) is 0.0858. The number of ether oxygens (including phenoxy) is 4. The summed E-state index contributed by atoms with van der Waals surface area (Å²) in [5.74, 6) is 1.36. The van der Waals surface area contributed by atoms with E-state index in [-0.39, 0.29) is 35.5 Å². The maximum Gasteiger partial charge on any atom is 0.337 e. The third-order valence-corrected chi connectivity index (χ3v) is 8.29. The Kier molecular flexibility index (Phi) is 12.5. The summed E-state index contributed by atoms with van der Waals surface area (Å²) >= 11 is 1.92. The Labute approximate surface area is 249 Å². The molecule has 0 unspecified atom stereocenters. The monoisotopic (exact) mass is 602 g/mol. The Balaban J connectivity index is 0.942. The zero-order valence-corrected chi connectivity index (χ0v) is 24.2. The normalized spacial score (nSPS) is 19.0. The molecule has 228 valence electrons. The van der Waals surface area contributed by atoms with Crippen LogP contribution in [-0.2, 0) is 14.3 Å². The van der Waals surface area contributed by atoms with Gasteiger partial charge in [-0.1, -0.05) is 18.9 Å². The first kappa shape index (κ1) is 31.4. The molecule has 0 saturated carbocycles. The van der Waals surface area contributed by atoms with E-state index in [9.17, 15) is 14.4 Å². The van der Waals surface area contributed by atoms with Gasteiger partial charge in [-0.15, -0.1) is 0 Å². The Bertz CT molecular complexity index is 1170. The van der Waals surface area contributed by atoms with Crippen LogP contribution in [0.4, 0.5) is 4.79 Å². The van der Waals surface area contributed by atoms with Crippen LogP contribution in [-0.4, -0.2) is 90.7 Å². The number of hydrogen-bond donors (Lipinski definition) is 4. The highest BCUT2D eigenvalue weighted by Gasteiger charge is 2.42. The first-order chi connectivity index (χ1) is 20.5. The molecule has 3 amide bonds. The van der Waals surface area contributed by atoms with Gasteiger partial charge in [0.05, 0.1) is 44.1 Å². The molecule has 2 aliphatic rings. The fourth-order valence-corrected chi connectivity index (χ4v) is 6.20. The Morgan fingerprint density at radius 3 is 2.62 bits per heavy atom. The zero-order chi connectivity index (χ0) is 29.6. The molecule has 3 atom stereocenters. The number of carbonyl (C=O) groups is 3. The molecule has 2 aliphatic heterocycles. The fourth-order valence-electron chi connectivity index (χ4n) is 4.66. The Hall–Kier alpha value is -3.55. The topological polar surface area (TPSA) is 157 Å². The molecular formula is C29H38N4O8S. The molecule has 0 aliphatic carbocycles. The smallest absolute Gasteiger partial charge is 0.337 e. The number of urea groups is 1. The number of aromatic carboxylic acids is 1. The van der Waals surface area contributed by atoms with Crippen molar-refractivity contribution in [2.75, 3.05) is 45.3 Å². The van der Waals surface area contributed by atoms with E-state index >= 15 is 0 Å². The molecule has 12 nitrogen and oxygen atoms in total. The highest BCUT2D eigenvalue weighted by molar-refractivity contribution is 8.00. The average Bonchev–Trinajstić information content (AvgIpc) is 3.53. The standard InChI is InChI=1S/C29H38N4O8S/c34-25(8-3-1-2-7-24-27-23(19-42-24)32-29(37)33-27)30-11-12-38-13-14-39-15-16-40-21-5-4-6-22(17-21)41-26-10-9-20(18-31-26)28(35)36/h4-6,9-10,17-18,23-24,27H,1-3,7-8,11-16,19H2,(H,30,34)(H,35,36)(H2,32,33,37)/t23-,24-,27-/m0/s1. The van der Waals surface area contributed by atoms with Crippen molar-refractivity contribution in [1.82, 2.24) is 20.9 Å². The van der Waals surface area contributed by atoms with Gasteiger partial charge in [0.1, 0.15) is 18.1 Å². The molecular weight excluding hydrogens is 564 g/mol. The van der Waals surface area contributed by atoms with Crippen molar-refractivity contribution in [2.45, 2.75) is 49.4 Å². The number of nitrogens with one attached hydrogen (secondary N) is 3. The summed E-state index contributed by atoms with van der Waals surface area (Å²) in [6.07, 6.45) is 5.73. The van der Waals surface area contributed by atoms with Gasteiger partial charge in [0.15, 0.2) is 0 Å². The molecule has 0 spiro atoms. The van der Waals surface area contributed by atoms with E-state index in [0.29, 0.717) is 62.7 Å². The molecule has 4 N–H and O–H groups in total. The number of benzene rings is 1. The lowest BCUT2D eigenvalue weighted by atomic mass is 10.0. The predicted molar refractivity (Wildman–Crippen MR) is 156 cm³/mol. The molecule has 0 bridgehead atoms. The van der Waals surface area contributed by atoms with E-state index < -0.39 is 5.97 Å². The van der Waals surface area contributed by atoms with Crippen LogP contribution in [0.2, 0.25) is 0 Å². The summed E-state index contributed by atoms with van der Waals surface area (Å²) in [6.45, 7) is 2.46. The molecule has 13 heteroatoms. The number of rotatable bonds is 19. The molecule has 42 heavy (non-hydrogen) atoms. The van der Waals surface area contributed by atoms with E-state index in [1.54, 1.807) is 24.3 Å². The van der Waals surface area contributed by atoms with Gasteiger partial charge in [0, 0.05) is 42.3 Å². The number of carboxylic acid groups (broad SMARTS) is 1. The third kappa shape index (κ3) is 10.4. The van der Waals surface area contributed by atoms with Gasteiger partial charge in [-0.2, -0.15) is 11.8 Å². The third-order valence-electron chi connectivity index (χ3n) is 6.78. The average molecular weight is 603 g/mol. The number of fused-ring (bicyclic) bond motifs is 1. The van der Waals surface area contributed by atoms with Crippen molar-refractivity contribution in [2.24, 2.45) is 0 Å². The van der Waals surface area contributed by atoms with Crippen LogP contribution in [0.5, 0.6) is 17.4 Å². The molecule has 2 fully saturated rings. The van der Waals surface area contributed by atoms with Crippen LogP contribution in [0, 0.1) is 0 Å². The van der Waals surface area contributed by atoms with E-state index in [2.05, 4.69) is 20.9 Å². The van der Waals surface area contributed by atoms with Crippen LogP contribution < -0.4 is 25.4 Å². The SMILES string of the molecule is O=C(CCCCC[C@@H]1SC[C@@H]2NC(=O)N[C@@H]21)NCCOCCOCCOc1cccc(Oc2ccc(C(=O)O)cn2)c1. The molecule has 4 rings (SSSR count). The lowest BCUT2D eigenvalue weighted by Crippen LogP contribution is -2.36. The number of unbranched alkanes of at least 4 members (excludes halogenated alkanes) is 2. The van der Waals surface area contributed by atoms with Crippen molar-refractivity contribution >= 4 is 29.7 Å². The quantitative estimate of drug-likeness (QED) is 0.139. The van der Waals surface area contributed by atoms with Gasteiger partial charge < -0.3 is 40.0 Å². The van der Waals surface area contributed by atoms with Crippen LogP contribution >= 0.6 is 11.8 Å². The second-order valence-corrected chi connectivity index (χ2v) is 11.2. The zero-order valence-electron chi connectivity index (χ0n) is 23.4. The van der Waals surface area contributed by atoms with Gasteiger partial charge in [-0.25, -0.2) is 14.6 Å². The van der Waals surface area contributed by atoms with Crippen LogP contribution in [0.3, 0.4) is 0 Å². The van der Waals surface area contributed by atoms with Crippen LogP contribution in [0.1, 0.15) is 42.5 Å². The first-order valence-electron chi connectivity index (χ1n) is 14.2. The minimum atomic E-state index is -1.05. The van der Waals surface area contributed by atoms with Crippen molar-refractivity contribution < 1.29 is 38.4 Å². The molecule has 1 aromatic heterocycles. The van der Waals surface area contributed by atoms with E-state index in [1.807, 2.05) is 11.8 Å². The lowest BCUT2D eigenvalue weighted by Gasteiger charge is -2.16. The molecule has 0 radical (unpaired) electrons. The highest BCUT2D eigenvalue weighted by atomic mass is 32.2. The Morgan fingerprint density at radius 1 is 1.00 bits per heavy atom. The highest BCUT2D eigenvalue weighted by Crippen LogP contribution is 2.33. The van der Waals surface area contributed by atoms with E-state index in [1.165, 1.54) is 18.3 Å². The minimum absolute atomic E-state index is 0.0383. The summed E-state index contributed by atoms with van der Waals surface area (Å²) in [5, 5.41) is 18.3. The molecule has 2 aromatic rings. The number of carbonyl (C=O) groups excluding carboxylic acids is 2. The van der Waals surface area contributed by atoms with Gasteiger partial charge in [0.25, 0.3) is 0 Å². The van der Waals surface area contributed by atoms with Crippen molar-refractivity contribution in [1.29, 1.82) is 0 Å². The fraction of sp³-hybridized carbons (Fsp3) is 0.517. The molecule has 2 saturated heterocycles. The van der Waals surface area contributed by atoms with Crippen LogP contribution in [0.15, 0.2) is 42.6 Å². The van der Waals surface area contributed by atoms with Crippen molar-refractivity contribution in [3.05, 3.63) is 48.2 Å². The molecule has 1 aromatic carbocycles. The van der Waals surface area contributed by atoms with Crippen molar-refractivity contribution in [3.8, 4) is 17.4 Å². The summed E-state index contributed by atoms with van der Waals surface area (Å²) < 4.78 is 22.4. The number of amides is 3. The molecule has 3 heterocycles. The van der Waals surface area contributed by atoms with E-state index in [0.717, 1.165) is 31.4 Å². The van der Waals surface area contributed by atoms with Gasteiger partial charge in [0.2, 0.25) is 11.8 Å². The predicted octanol–water partition coefficient (Wildman–Crippen LogP) is 3.22. The second-order valence-electron chi connectivity index (χ2n) is 9.91. The maximum atomic E-state index is 12.0. The van der Waals surface area contributed by atoms with Gasteiger partial charge in [-0.05, 0) is 31.0 Å². The van der Waals surface area contributed by atoms with E-state index in [4.69, 9.17) is 24.1 Å².